The van der Waals surface area contributed by atoms with Gasteiger partial charge in [-0.1, -0.05) is 23.9 Å². The Morgan fingerprint density at radius 1 is 1.42 bits per heavy atom. The van der Waals surface area contributed by atoms with Gasteiger partial charge >= 0.3 is 5.97 Å². The molecule has 0 unspecified atom stereocenters. The summed E-state index contributed by atoms with van der Waals surface area (Å²) in [7, 11) is 2.99. The number of rotatable bonds is 3. The molecule has 0 aliphatic heterocycles. The van der Waals surface area contributed by atoms with Gasteiger partial charge in [0, 0.05) is 7.05 Å². The highest BCUT2D eigenvalue weighted by molar-refractivity contribution is 8.00. The Balaban J connectivity index is 2.47. The van der Waals surface area contributed by atoms with E-state index in [9.17, 15) is 9.59 Å². The van der Waals surface area contributed by atoms with Crippen molar-refractivity contribution in [2.75, 3.05) is 7.11 Å². The number of aromatic nitrogens is 2. The lowest BCUT2D eigenvalue weighted by molar-refractivity contribution is -0.139. The van der Waals surface area contributed by atoms with Gasteiger partial charge in [-0.2, -0.15) is 0 Å². The van der Waals surface area contributed by atoms with Crippen LogP contribution in [0.15, 0.2) is 34.2 Å². The number of fused-ring (bicyclic) bond motifs is 1. The summed E-state index contributed by atoms with van der Waals surface area (Å²) in [6, 6.07) is 7.15. The van der Waals surface area contributed by atoms with E-state index in [2.05, 4.69) is 9.72 Å². The molecule has 0 aliphatic rings. The number of esters is 1. The maximum atomic E-state index is 12.2. The average molecular weight is 278 g/mol. The minimum Gasteiger partial charge on any atom is -0.468 e. The molecule has 0 aliphatic carbocycles. The maximum Gasteiger partial charge on any atom is 0.318 e. The van der Waals surface area contributed by atoms with Gasteiger partial charge in [-0.05, 0) is 19.1 Å². The maximum absolute atomic E-state index is 12.2. The Hall–Kier alpha value is -1.82. The molecule has 2 rings (SSSR count). The van der Waals surface area contributed by atoms with Crippen LogP contribution in [0.2, 0.25) is 0 Å². The lowest BCUT2D eigenvalue weighted by Gasteiger charge is -2.11. The highest BCUT2D eigenvalue weighted by atomic mass is 32.2. The Bertz CT molecular complexity index is 681. The van der Waals surface area contributed by atoms with Crippen molar-refractivity contribution >= 4 is 28.6 Å². The van der Waals surface area contributed by atoms with Crippen LogP contribution in [0.3, 0.4) is 0 Å². The Morgan fingerprint density at radius 3 is 2.79 bits per heavy atom. The summed E-state index contributed by atoms with van der Waals surface area (Å²) in [5.41, 5.74) is 0.510. The molecular weight excluding hydrogens is 264 g/mol. The first kappa shape index (κ1) is 13.6. The molecule has 0 N–H and O–H groups in total. The van der Waals surface area contributed by atoms with Crippen LogP contribution in [0.5, 0.6) is 0 Å². The fourth-order valence-electron chi connectivity index (χ4n) is 1.68. The Kier molecular flexibility index (Phi) is 3.90. The second kappa shape index (κ2) is 5.44. The number of thioether (sulfide) groups is 1. The zero-order chi connectivity index (χ0) is 14.0. The minimum atomic E-state index is -0.413. The molecule has 0 amide bonds. The first-order chi connectivity index (χ1) is 9.04. The van der Waals surface area contributed by atoms with E-state index in [1.54, 1.807) is 32.2 Å². The van der Waals surface area contributed by atoms with Gasteiger partial charge in [-0.25, -0.2) is 4.98 Å². The molecule has 2 aromatic rings. The van der Waals surface area contributed by atoms with E-state index < -0.39 is 5.25 Å². The van der Waals surface area contributed by atoms with E-state index in [0.29, 0.717) is 16.1 Å². The zero-order valence-corrected chi connectivity index (χ0v) is 11.7. The molecule has 0 bridgehead atoms. The van der Waals surface area contributed by atoms with E-state index >= 15 is 0 Å². The summed E-state index contributed by atoms with van der Waals surface area (Å²) in [6.07, 6.45) is 0. The fourth-order valence-corrected chi connectivity index (χ4v) is 2.58. The molecule has 1 heterocycles. The molecule has 1 aromatic carbocycles. The summed E-state index contributed by atoms with van der Waals surface area (Å²) in [4.78, 5) is 28.0. The van der Waals surface area contributed by atoms with Gasteiger partial charge in [0.15, 0.2) is 5.16 Å². The second-order valence-electron chi connectivity index (χ2n) is 4.06. The van der Waals surface area contributed by atoms with E-state index in [1.165, 1.54) is 23.4 Å². The third-order valence-electron chi connectivity index (χ3n) is 2.76. The van der Waals surface area contributed by atoms with Gasteiger partial charge in [0.05, 0.1) is 18.0 Å². The number of benzene rings is 1. The van der Waals surface area contributed by atoms with Crippen LogP contribution in [-0.2, 0) is 16.6 Å². The summed E-state index contributed by atoms with van der Waals surface area (Å²) in [5, 5.41) is 0.658. The zero-order valence-electron chi connectivity index (χ0n) is 10.9. The lowest BCUT2D eigenvalue weighted by Crippen LogP contribution is -2.22. The predicted molar refractivity (Wildman–Crippen MR) is 74.3 cm³/mol. The highest BCUT2D eigenvalue weighted by Gasteiger charge is 2.18. The third kappa shape index (κ3) is 2.63. The van der Waals surface area contributed by atoms with E-state index in [4.69, 9.17) is 0 Å². The molecule has 1 aromatic heterocycles. The molecule has 0 spiro atoms. The largest absolute Gasteiger partial charge is 0.468 e. The fraction of sp³-hybridized carbons (Fsp3) is 0.308. The van der Waals surface area contributed by atoms with Crippen molar-refractivity contribution in [3.8, 4) is 0 Å². The minimum absolute atomic E-state index is 0.120. The van der Waals surface area contributed by atoms with Gasteiger partial charge in [-0.3, -0.25) is 14.2 Å². The number of nitrogens with zero attached hydrogens (tertiary/aromatic N) is 2. The first-order valence-electron chi connectivity index (χ1n) is 5.75. The summed E-state index contributed by atoms with van der Waals surface area (Å²) in [5.74, 6) is -0.340. The topological polar surface area (TPSA) is 61.2 Å². The number of ether oxygens (including phenoxy) is 1. The molecule has 0 saturated heterocycles. The highest BCUT2D eigenvalue weighted by Crippen LogP contribution is 2.22. The van der Waals surface area contributed by atoms with Gasteiger partial charge in [0.1, 0.15) is 5.25 Å². The van der Waals surface area contributed by atoms with Gasteiger partial charge in [0.25, 0.3) is 5.56 Å². The number of carbonyl (C=O) groups excluding carboxylic acids is 1. The van der Waals surface area contributed by atoms with Crippen molar-refractivity contribution in [1.82, 2.24) is 9.55 Å². The molecule has 100 valence electrons. The van der Waals surface area contributed by atoms with Crippen LogP contribution >= 0.6 is 11.8 Å². The van der Waals surface area contributed by atoms with Crippen LogP contribution in [-0.4, -0.2) is 27.9 Å². The van der Waals surface area contributed by atoms with Crippen LogP contribution in [0.25, 0.3) is 10.9 Å². The molecule has 19 heavy (non-hydrogen) atoms. The normalized spacial score (nSPS) is 12.4. The standard InChI is InChI=1S/C13H14N2O3S/c1-8(12(17)18-3)19-13-14-10-7-5-4-6-9(10)11(16)15(13)2/h4-8H,1-3H3/t8-/m1/s1. The van der Waals surface area contributed by atoms with Crippen LogP contribution < -0.4 is 5.56 Å². The van der Waals surface area contributed by atoms with Crippen LogP contribution in [0.4, 0.5) is 0 Å². The third-order valence-corrected chi connectivity index (χ3v) is 3.88. The molecule has 0 saturated carbocycles. The quantitative estimate of drug-likeness (QED) is 0.485. The molecule has 5 nitrogen and oxygen atoms in total. The SMILES string of the molecule is COC(=O)[C@@H](C)Sc1nc2ccccc2c(=O)n1C. The van der Waals surface area contributed by atoms with Gasteiger partial charge in [-0.15, -0.1) is 0 Å². The monoisotopic (exact) mass is 278 g/mol. The Labute approximate surface area is 114 Å². The van der Waals surface area contributed by atoms with Crippen molar-refractivity contribution < 1.29 is 9.53 Å². The van der Waals surface area contributed by atoms with Gasteiger partial charge < -0.3 is 4.74 Å². The lowest BCUT2D eigenvalue weighted by atomic mass is 10.2. The second-order valence-corrected chi connectivity index (χ2v) is 5.37. The van der Waals surface area contributed by atoms with E-state index in [0.717, 1.165) is 0 Å². The number of methoxy groups -OCH3 is 1. The molecule has 0 radical (unpaired) electrons. The van der Waals surface area contributed by atoms with Crippen molar-refractivity contribution in [3.05, 3.63) is 34.6 Å². The summed E-state index contributed by atoms with van der Waals surface area (Å²) in [6.45, 7) is 1.72. The van der Waals surface area contributed by atoms with Crippen molar-refractivity contribution in [3.63, 3.8) is 0 Å². The van der Waals surface area contributed by atoms with Crippen LogP contribution in [0.1, 0.15) is 6.92 Å². The number of carbonyl (C=O) groups is 1. The average Bonchev–Trinajstić information content (AvgIpc) is 2.43. The molecule has 1 atom stereocenters. The summed E-state index contributed by atoms with van der Waals surface area (Å²) >= 11 is 1.21. The number of hydrogen-bond acceptors (Lipinski definition) is 5. The predicted octanol–water partition coefficient (Wildman–Crippen LogP) is 1.59. The number of hydrogen-bond donors (Lipinski definition) is 0. The molecule has 6 heteroatoms. The first-order valence-corrected chi connectivity index (χ1v) is 6.63. The smallest absolute Gasteiger partial charge is 0.318 e. The van der Waals surface area contributed by atoms with E-state index in [1.807, 2.05) is 6.07 Å². The Morgan fingerprint density at radius 2 is 2.11 bits per heavy atom. The summed E-state index contributed by atoms with van der Waals surface area (Å²) < 4.78 is 6.12. The number of para-hydroxylation sites is 1. The molecule has 0 fully saturated rings. The van der Waals surface area contributed by atoms with E-state index in [-0.39, 0.29) is 11.5 Å². The van der Waals surface area contributed by atoms with Crippen molar-refractivity contribution in [1.29, 1.82) is 0 Å². The van der Waals surface area contributed by atoms with Crippen LogP contribution in [0, 0.1) is 0 Å². The van der Waals surface area contributed by atoms with Gasteiger partial charge in [0.2, 0.25) is 0 Å². The van der Waals surface area contributed by atoms with Crippen molar-refractivity contribution in [2.45, 2.75) is 17.3 Å². The van der Waals surface area contributed by atoms with Crippen molar-refractivity contribution in [2.24, 2.45) is 7.05 Å². The molecular formula is C13H14N2O3S.